The summed E-state index contributed by atoms with van der Waals surface area (Å²) in [7, 11) is 0. The van der Waals surface area contributed by atoms with E-state index in [2.05, 4.69) is 26.2 Å². The lowest BCUT2D eigenvalue weighted by atomic mass is 10.0. The Kier molecular flexibility index (Phi) is 5.26. The Morgan fingerprint density at radius 1 is 1.09 bits per heavy atom. The number of aromatic nitrogens is 2. The van der Waals surface area contributed by atoms with Gasteiger partial charge in [-0.25, -0.2) is 9.97 Å². The van der Waals surface area contributed by atoms with Crippen molar-refractivity contribution in [2.45, 2.75) is 32.0 Å². The molecule has 9 nitrogen and oxygen atoms in total. The third-order valence-electron chi connectivity index (χ3n) is 6.84. The largest absolute Gasteiger partial charge is 0.338 e. The van der Waals surface area contributed by atoms with Gasteiger partial charge in [-0.05, 0) is 35.1 Å². The van der Waals surface area contributed by atoms with Gasteiger partial charge in [-0.15, -0.1) is 11.3 Å². The molecule has 1 atom stereocenters. The molecule has 5 heterocycles. The summed E-state index contributed by atoms with van der Waals surface area (Å²) in [4.78, 5) is 53.1. The maximum atomic E-state index is 12.9. The van der Waals surface area contributed by atoms with Crippen LogP contribution in [-0.4, -0.2) is 69.7 Å². The molecule has 1 unspecified atom stereocenters. The maximum Gasteiger partial charge on any atom is 0.255 e. The zero-order valence-electron chi connectivity index (χ0n) is 18.6. The van der Waals surface area contributed by atoms with Crippen molar-refractivity contribution in [3.05, 3.63) is 52.5 Å². The highest BCUT2D eigenvalue weighted by molar-refractivity contribution is 7.16. The summed E-state index contributed by atoms with van der Waals surface area (Å²) in [6.45, 7) is 4.75. The van der Waals surface area contributed by atoms with E-state index < -0.39 is 6.04 Å². The van der Waals surface area contributed by atoms with E-state index in [-0.39, 0.29) is 24.1 Å². The molecule has 0 bridgehead atoms. The molecule has 6 rings (SSSR count). The quantitative estimate of drug-likeness (QED) is 0.573. The molecular weight excluding hydrogens is 452 g/mol. The second-order valence-electron chi connectivity index (χ2n) is 9.01. The van der Waals surface area contributed by atoms with Crippen molar-refractivity contribution in [2.75, 3.05) is 31.1 Å². The number of fused-ring (bicyclic) bond motifs is 2. The minimum Gasteiger partial charge on any atom is -0.338 e. The summed E-state index contributed by atoms with van der Waals surface area (Å²) in [6.07, 6.45) is 2.54. The Morgan fingerprint density at radius 3 is 2.76 bits per heavy atom. The van der Waals surface area contributed by atoms with E-state index in [9.17, 15) is 14.4 Å². The zero-order chi connectivity index (χ0) is 23.2. The SMILES string of the molecule is O=C1CCC(N2Cc3cc(CN4CCN(c5ncc6ccsc6n5)CC4)ccc3C2=O)C(=O)N1. The van der Waals surface area contributed by atoms with Crippen LogP contribution in [-0.2, 0) is 22.7 Å². The number of amides is 3. The smallest absolute Gasteiger partial charge is 0.255 e. The molecule has 1 N–H and O–H groups in total. The fourth-order valence-electron chi connectivity index (χ4n) is 4.99. The highest BCUT2D eigenvalue weighted by Crippen LogP contribution is 2.29. The second-order valence-corrected chi connectivity index (χ2v) is 9.90. The van der Waals surface area contributed by atoms with Crippen LogP contribution >= 0.6 is 11.3 Å². The zero-order valence-corrected chi connectivity index (χ0v) is 19.4. The summed E-state index contributed by atoms with van der Waals surface area (Å²) in [5.74, 6) is 0.00990. The van der Waals surface area contributed by atoms with Crippen molar-refractivity contribution < 1.29 is 14.4 Å². The number of carbonyl (C=O) groups is 3. The Bertz CT molecular complexity index is 1300. The van der Waals surface area contributed by atoms with Gasteiger partial charge < -0.3 is 9.80 Å². The first-order chi connectivity index (χ1) is 16.5. The number of rotatable bonds is 4. The molecule has 0 aliphatic carbocycles. The monoisotopic (exact) mass is 476 g/mol. The summed E-state index contributed by atoms with van der Waals surface area (Å²) in [5.41, 5.74) is 2.75. The van der Waals surface area contributed by atoms with Crippen molar-refractivity contribution in [1.29, 1.82) is 0 Å². The fourth-order valence-corrected chi connectivity index (χ4v) is 5.72. The number of anilines is 1. The van der Waals surface area contributed by atoms with Gasteiger partial charge in [0.15, 0.2) is 0 Å². The first kappa shape index (κ1) is 21.2. The number of benzene rings is 1. The summed E-state index contributed by atoms with van der Waals surface area (Å²) in [6, 6.07) is 7.42. The third-order valence-corrected chi connectivity index (χ3v) is 7.67. The van der Waals surface area contributed by atoms with Gasteiger partial charge >= 0.3 is 0 Å². The highest BCUT2D eigenvalue weighted by Gasteiger charge is 2.39. The van der Waals surface area contributed by atoms with Crippen molar-refractivity contribution in [2.24, 2.45) is 0 Å². The number of hydrogen-bond acceptors (Lipinski definition) is 8. The van der Waals surface area contributed by atoms with E-state index >= 15 is 0 Å². The normalized spacial score (nSPS) is 21.3. The lowest BCUT2D eigenvalue weighted by Crippen LogP contribution is -2.52. The Balaban J connectivity index is 1.09. The summed E-state index contributed by atoms with van der Waals surface area (Å²) in [5, 5.41) is 5.47. The lowest BCUT2D eigenvalue weighted by Gasteiger charge is -2.34. The van der Waals surface area contributed by atoms with E-state index in [0.717, 1.165) is 60.0 Å². The van der Waals surface area contributed by atoms with Crippen LogP contribution in [0.4, 0.5) is 5.95 Å². The number of piperidine rings is 1. The average molecular weight is 477 g/mol. The molecule has 2 aromatic heterocycles. The van der Waals surface area contributed by atoms with Gasteiger partial charge in [0.25, 0.3) is 5.91 Å². The van der Waals surface area contributed by atoms with Crippen LogP contribution in [0.25, 0.3) is 10.2 Å². The third kappa shape index (κ3) is 3.82. The van der Waals surface area contributed by atoms with Crippen molar-refractivity contribution in [1.82, 2.24) is 25.1 Å². The van der Waals surface area contributed by atoms with Crippen LogP contribution in [0, 0.1) is 0 Å². The molecule has 0 spiro atoms. The van der Waals surface area contributed by atoms with Crippen LogP contribution < -0.4 is 10.2 Å². The predicted molar refractivity (Wildman–Crippen MR) is 127 cm³/mol. The van der Waals surface area contributed by atoms with E-state index in [1.54, 1.807) is 16.2 Å². The minimum absolute atomic E-state index is 0.132. The van der Waals surface area contributed by atoms with Gasteiger partial charge in [-0.1, -0.05) is 12.1 Å². The molecular formula is C24H24N6O3S. The fraction of sp³-hybridized carbons (Fsp3) is 0.375. The minimum atomic E-state index is -0.579. The van der Waals surface area contributed by atoms with E-state index in [1.165, 1.54) is 0 Å². The summed E-state index contributed by atoms with van der Waals surface area (Å²) < 4.78 is 0. The molecule has 10 heteroatoms. The standard InChI is InChI=1S/C24H24N6O3S/c31-20-4-3-19(21(32)26-20)30-14-17-11-15(1-2-18(17)23(30)33)13-28-6-8-29(9-7-28)24-25-12-16-5-10-34-22(16)27-24/h1-2,5,10-12,19H,3-4,6-9,13-14H2,(H,26,31,32). The Labute approximate surface area is 200 Å². The molecule has 3 aliphatic heterocycles. The van der Waals surface area contributed by atoms with Crippen LogP contribution in [0.2, 0.25) is 0 Å². The molecule has 174 valence electrons. The van der Waals surface area contributed by atoms with E-state index in [1.807, 2.05) is 29.8 Å². The van der Waals surface area contributed by atoms with E-state index in [4.69, 9.17) is 4.98 Å². The average Bonchev–Trinajstić information content (AvgIpc) is 3.43. The highest BCUT2D eigenvalue weighted by atomic mass is 32.1. The first-order valence-corrected chi connectivity index (χ1v) is 12.4. The molecule has 1 aromatic carbocycles. The molecule has 0 saturated carbocycles. The molecule has 2 fully saturated rings. The molecule has 3 amide bonds. The molecule has 0 radical (unpaired) electrons. The van der Waals surface area contributed by atoms with Gasteiger partial charge in [0.05, 0.1) is 0 Å². The number of thiophene rings is 1. The number of piperazine rings is 1. The topological polar surface area (TPSA) is 98.7 Å². The van der Waals surface area contributed by atoms with Crippen molar-refractivity contribution in [3.8, 4) is 0 Å². The van der Waals surface area contributed by atoms with Gasteiger partial charge in [0.1, 0.15) is 10.9 Å². The molecule has 3 aromatic rings. The molecule has 2 saturated heterocycles. The van der Waals surface area contributed by atoms with Crippen LogP contribution in [0.15, 0.2) is 35.8 Å². The van der Waals surface area contributed by atoms with Gasteiger partial charge in [-0.2, -0.15) is 0 Å². The molecule has 3 aliphatic rings. The predicted octanol–water partition coefficient (Wildman–Crippen LogP) is 1.77. The van der Waals surface area contributed by atoms with Crippen LogP contribution in [0.3, 0.4) is 0 Å². The summed E-state index contributed by atoms with van der Waals surface area (Å²) >= 11 is 1.63. The van der Waals surface area contributed by atoms with Crippen molar-refractivity contribution >= 4 is 45.2 Å². The Hall–Kier alpha value is -3.37. The van der Waals surface area contributed by atoms with Crippen molar-refractivity contribution in [3.63, 3.8) is 0 Å². The van der Waals surface area contributed by atoms with Gasteiger partial charge in [0, 0.05) is 62.8 Å². The van der Waals surface area contributed by atoms with Crippen LogP contribution in [0.5, 0.6) is 0 Å². The van der Waals surface area contributed by atoms with E-state index in [0.29, 0.717) is 18.5 Å². The van der Waals surface area contributed by atoms with Gasteiger partial charge in [-0.3, -0.25) is 24.6 Å². The number of hydrogen-bond donors (Lipinski definition) is 1. The second kappa shape index (κ2) is 8.44. The first-order valence-electron chi connectivity index (χ1n) is 11.5. The Morgan fingerprint density at radius 2 is 1.94 bits per heavy atom. The maximum absolute atomic E-state index is 12.9. The number of nitrogens with one attached hydrogen (secondary N) is 1. The molecule has 34 heavy (non-hydrogen) atoms. The number of nitrogens with zero attached hydrogens (tertiary/aromatic N) is 5. The number of imide groups is 1. The lowest BCUT2D eigenvalue weighted by molar-refractivity contribution is -0.136. The van der Waals surface area contributed by atoms with Gasteiger partial charge in [0.2, 0.25) is 17.8 Å². The van der Waals surface area contributed by atoms with Crippen LogP contribution in [0.1, 0.15) is 34.3 Å². The number of carbonyl (C=O) groups excluding carboxylic acids is 3.